The maximum atomic E-state index is 11.8. The van der Waals surface area contributed by atoms with Gasteiger partial charge in [0.15, 0.2) is 0 Å². The summed E-state index contributed by atoms with van der Waals surface area (Å²) in [7, 11) is 0. The third kappa shape index (κ3) is 3.73. The molecule has 3 N–H and O–H groups in total. The van der Waals surface area contributed by atoms with E-state index in [0.29, 0.717) is 6.42 Å². The van der Waals surface area contributed by atoms with E-state index in [1.807, 2.05) is 31.2 Å². The third-order valence-corrected chi connectivity index (χ3v) is 3.73. The molecule has 1 aromatic carbocycles. The zero-order valence-corrected chi connectivity index (χ0v) is 12.6. The van der Waals surface area contributed by atoms with Crippen LogP contribution in [0.5, 0.6) is 0 Å². The number of rotatable bonds is 7. The minimum atomic E-state index is -0.642. The van der Waals surface area contributed by atoms with E-state index in [1.165, 1.54) is 0 Å². The zero-order valence-electron chi connectivity index (χ0n) is 11.0. The molecule has 0 bridgehead atoms. The fraction of sp³-hybridized carbons (Fsp3) is 0.500. The van der Waals surface area contributed by atoms with Crippen LogP contribution in [0.2, 0.25) is 0 Å². The molecule has 0 heterocycles. The second-order valence-electron chi connectivity index (χ2n) is 4.54. The summed E-state index contributed by atoms with van der Waals surface area (Å²) in [6, 6.07) is 7.80. The van der Waals surface area contributed by atoms with Gasteiger partial charge >= 0.3 is 0 Å². The van der Waals surface area contributed by atoms with Gasteiger partial charge in [0.1, 0.15) is 5.54 Å². The van der Waals surface area contributed by atoms with E-state index in [1.54, 1.807) is 0 Å². The van der Waals surface area contributed by atoms with Gasteiger partial charge in [-0.05, 0) is 31.0 Å². The summed E-state index contributed by atoms with van der Waals surface area (Å²) < 4.78 is 0.984. The Morgan fingerprint density at radius 1 is 1.44 bits per heavy atom. The molecule has 1 unspecified atom stereocenters. The first-order chi connectivity index (χ1) is 8.54. The highest BCUT2D eigenvalue weighted by Gasteiger charge is 2.33. The number of primary amides is 1. The van der Waals surface area contributed by atoms with Crippen molar-refractivity contribution in [3.63, 3.8) is 0 Å². The summed E-state index contributed by atoms with van der Waals surface area (Å²) >= 11 is 3.43. The topological polar surface area (TPSA) is 55.1 Å². The molecule has 0 spiro atoms. The molecule has 1 atom stereocenters. The standard InChI is InChI=1S/C14H21BrN2O/c1-3-5-9-14(4-2,13(16)18)17-12-8-6-7-11(15)10-12/h6-8,10,17H,3-5,9H2,1-2H3,(H2,16,18). The van der Waals surface area contributed by atoms with Crippen LogP contribution in [0.1, 0.15) is 39.5 Å². The van der Waals surface area contributed by atoms with Crippen LogP contribution in [-0.2, 0) is 4.79 Å². The highest BCUT2D eigenvalue weighted by atomic mass is 79.9. The molecule has 0 aliphatic heterocycles. The van der Waals surface area contributed by atoms with Gasteiger partial charge in [0.05, 0.1) is 0 Å². The first-order valence-corrected chi connectivity index (χ1v) is 7.17. The second-order valence-corrected chi connectivity index (χ2v) is 5.45. The van der Waals surface area contributed by atoms with Crippen molar-refractivity contribution in [3.05, 3.63) is 28.7 Å². The lowest BCUT2D eigenvalue weighted by Gasteiger charge is -2.31. The van der Waals surface area contributed by atoms with Gasteiger partial charge in [0.2, 0.25) is 5.91 Å². The summed E-state index contributed by atoms with van der Waals surface area (Å²) in [6.45, 7) is 4.10. The molecular weight excluding hydrogens is 292 g/mol. The van der Waals surface area contributed by atoms with Crippen molar-refractivity contribution in [2.24, 2.45) is 5.73 Å². The Morgan fingerprint density at radius 3 is 2.67 bits per heavy atom. The number of unbranched alkanes of at least 4 members (excludes halogenated alkanes) is 1. The van der Waals surface area contributed by atoms with Crippen LogP contribution < -0.4 is 11.1 Å². The highest BCUT2D eigenvalue weighted by Crippen LogP contribution is 2.26. The number of nitrogens with two attached hydrogens (primary N) is 1. The van der Waals surface area contributed by atoms with Crippen molar-refractivity contribution in [2.45, 2.75) is 45.1 Å². The summed E-state index contributed by atoms with van der Waals surface area (Å²) in [5.74, 6) is -0.279. The van der Waals surface area contributed by atoms with Crippen LogP contribution in [0.4, 0.5) is 5.69 Å². The molecule has 0 saturated carbocycles. The zero-order chi connectivity index (χ0) is 13.6. The first kappa shape index (κ1) is 15.0. The molecule has 1 amide bonds. The SMILES string of the molecule is CCCCC(CC)(Nc1cccc(Br)c1)C(N)=O. The molecule has 0 aromatic heterocycles. The van der Waals surface area contributed by atoms with Crippen LogP contribution in [0, 0.1) is 0 Å². The van der Waals surface area contributed by atoms with Gasteiger partial charge in [-0.3, -0.25) is 4.79 Å². The Balaban J connectivity index is 2.93. The fourth-order valence-electron chi connectivity index (χ4n) is 2.01. The highest BCUT2D eigenvalue weighted by molar-refractivity contribution is 9.10. The predicted molar refractivity (Wildman–Crippen MR) is 79.5 cm³/mol. The Morgan fingerprint density at radius 2 is 2.17 bits per heavy atom. The van der Waals surface area contributed by atoms with E-state index >= 15 is 0 Å². The van der Waals surface area contributed by atoms with Crippen molar-refractivity contribution in [3.8, 4) is 0 Å². The van der Waals surface area contributed by atoms with Gasteiger partial charge in [-0.15, -0.1) is 0 Å². The molecule has 0 saturated heterocycles. The molecule has 1 aromatic rings. The van der Waals surface area contributed by atoms with E-state index < -0.39 is 5.54 Å². The van der Waals surface area contributed by atoms with E-state index in [-0.39, 0.29) is 5.91 Å². The summed E-state index contributed by atoms with van der Waals surface area (Å²) in [5.41, 5.74) is 5.87. The number of amides is 1. The Kier molecular flexibility index (Phi) is 5.66. The van der Waals surface area contributed by atoms with Crippen molar-refractivity contribution < 1.29 is 4.79 Å². The maximum absolute atomic E-state index is 11.8. The smallest absolute Gasteiger partial charge is 0.243 e. The molecule has 0 radical (unpaired) electrons. The fourth-order valence-corrected chi connectivity index (χ4v) is 2.41. The normalized spacial score (nSPS) is 13.9. The van der Waals surface area contributed by atoms with Gasteiger partial charge in [0.25, 0.3) is 0 Å². The number of halogens is 1. The van der Waals surface area contributed by atoms with Gasteiger partial charge in [-0.1, -0.05) is 48.7 Å². The number of carbonyl (C=O) groups excluding carboxylic acids is 1. The van der Waals surface area contributed by atoms with E-state index in [0.717, 1.165) is 29.4 Å². The number of hydrogen-bond acceptors (Lipinski definition) is 2. The number of nitrogens with one attached hydrogen (secondary N) is 1. The molecule has 0 aliphatic rings. The summed E-state index contributed by atoms with van der Waals surface area (Å²) in [4.78, 5) is 11.8. The van der Waals surface area contributed by atoms with Crippen LogP contribution in [0.25, 0.3) is 0 Å². The lowest BCUT2D eigenvalue weighted by atomic mass is 9.88. The Hall–Kier alpha value is -1.03. The number of hydrogen-bond donors (Lipinski definition) is 2. The van der Waals surface area contributed by atoms with Crippen LogP contribution >= 0.6 is 15.9 Å². The molecule has 4 heteroatoms. The van der Waals surface area contributed by atoms with Crippen molar-refractivity contribution in [1.29, 1.82) is 0 Å². The minimum Gasteiger partial charge on any atom is -0.371 e. The van der Waals surface area contributed by atoms with E-state index in [9.17, 15) is 4.79 Å². The average molecular weight is 313 g/mol. The largest absolute Gasteiger partial charge is 0.371 e. The monoisotopic (exact) mass is 312 g/mol. The van der Waals surface area contributed by atoms with E-state index in [4.69, 9.17) is 5.73 Å². The van der Waals surface area contributed by atoms with Gasteiger partial charge in [-0.25, -0.2) is 0 Å². The molecule has 0 fully saturated rings. The van der Waals surface area contributed by atoms with Gasteiger partial charge in [-0.2, -0.15) is 0 Å². The predicted octanol–water partition coefficient (Wildman–Crippen LogP) is 3.69. The first-order valence-electron chi connectivity index (χ1n) is 6.37. The van der Waals surface area contributed by atoms with Crippen molar-refractivity contribution in [1.82, 2.24) is 0 Å². The van der Waals surface area contributed by atoms with E-state index in [2.05, 4.69) is 28.2 Å². The average Bonchev–Trinajstić information content (AvgIpc) is 2.34. The molecule has 1 rings (SSSR count). The number of anilines is 1. The molecule has 100 valence electrons. The molecular formula is C14H21BrN2O. The van der Waals surface area contributed by atoms with Crippen LogP contribution in [-0.4, -0.2) is 11.4 Å². The number of benzene rings is 1. The molecule has 18 heavy (non-hydrogen) atoms. The van der Waals surface area contributed by atoms with Crippen molar-refractivity contribution >= 4 is 27.5 Å². The lowest BCUT2D eigenvalue weighted by Crippen LogP contribution is -2.50. The lowest BCUT2D eigenvalue weighted by molar-refractivity contribution is -0.122. The summed E-state index contributed by atoms with van der Waals surface area (Å²) in [5, 5.41) is 3.31. The number of carbonyl (C=O) groups is 1. The van der Waals surface area contributed by atoms with Gasteiger partial charge < -0.3 is 11.1 Å². The van der Waals surface area contributed by atoms with Crippen LogP contribution in [0.3, 0.4) is 0 Å². The van der Waals surface area contributed by atoms with Crippen molar-refractivity contribution in [2.75, 3.05) is 5.32 Å². The minimum absolute atomic E-state index is 0.279. The third-order valence-electron chi connectivity index (χ3n) is 3.24. The maximum Gasteiger partial charge on any atom is 0.243 e. The summed E-state index contributed by atoms with van der Waals surface area (Å²) in [6.07, 6.45) is 3.49. The molecule has 3 nitrogen and oxygen atoms in total. The Labute approximate surface area is 117 Å². The van der Waals surface area contributed by atoms with Crippen LogP contribution in [0.15, 0.2) is 28.7 Å². The second kappa shape index (κ2) is 6.78. The molecule has 0 aliphatic carbocycles. The van der Waals surface area contributed by atoms with Gasteiger partial charge in [0, 0.05) is 10.2 Å². The Bertz CT molecular complexity index is 409. The quantitative estimate of drug-likeness (QED) is 0.806.